The summed E-state index contributed by atoms with van der Waals surface area (Å²) in [5.41, 5.74) is 6.59. The first-order chi connectivity index (χ1) is 10.3. The molecule has 118 valence electrons. The normalized spacial score (nSPS) is 18.2. The summed E-state index contributed by atoms with van der Waals surface area (Å²) >= 11 is 0. The quantitative estimate of drug-likeness (QED) is 0.684. The van der Waals surface area contributed by atoms with Gasteiger partial charge in [0.2, 0.25) is 11.8 Å². The van der Waals surface area contributed by atoms with Crippen molar-refractivity contribution in [3.63, 3.8) is 0 Å². The lowest BCUT2D eigenvalue weighted by atomic mass is 9.97. The minimum Gasteiger partial charge on any atom is -0.346 e. The Morgan fingerprint density at radius 1 is 1.32 bits per heavy atom. The monoisotopic (exact) mass is 303 g/mol. The molecule has 1 aliphatic heterocycles. The number of nitrogens with two attached hydrogens (primary N) is 1. The van der Waals surface area contributed by atoms with E-state index in [0.29, 0.717) is 18.5 Å². The fourth-order valence-corrected chi connectivity index (χ4v) is 2.28. The van der Waals surface area contributed by atoms with Crippen molar-refractivity contribution in [1.29, 1.82) is 0 Å². The molecule has 1 unspecified atom stereocenters. The Labute approximate surface area is 129 Å². The number of imide groups is 1. The van der Waals surface area contributed by atoms with Gasteiger partial charge < -0.3 is 11.1 Å². The summed E-state index contributed by atoms with van der Waals surface area (Å²) in [5, 5.41) is 5.15. The summed E-state index contributed by atoms with van der Waals surface area (Å²) in [6, 6.07) is 7.04. The largest absolute Gasteiger partial charge is 0.346 e. The SMILES string of the molecule is CC(C)(CN)NC(=O)c1ccc(CC2CC(=O)NC2=O)cc1. The Bertz CT molecular complexity index is 593. The van der Waals surface area contributed by atoms with Gasteiger partial charge in [0, 0.05) is 24.1 Å². The lowest BCUT2D eigenvalue weighted by Crippen LogP contribution is -2.48. The third-order valence-corrected chi connectivity index (χ3v) is 3.73. The maximum absolute atomic E-state index is 12.1. The second kappa shape index (κ2) is 6.27. The van der Waals surface area contributed by atoms with Crippen molar-refractivity contribution in [2.24, 2.45) is 11.7 Å². The molecule has 0 saturated carbocycles. The van der Waals surface area contributed by atoms with Crippen LogP contribution in [0.15, 0.2) is 24.3 Å². The van der Waals surface area contributed by atoms with Crippen molar-refractivity contribution in [3.8, 4) is 0 Å². The fraction of sp³-hybridized carbons (Fsp3) is 0.438. The number of nitrogens with one attached hydrogen (secondary N) is 2. The smallest absolute Gasteiger partial charge is 0.251 e. The van der Waals surface area contributed by atoms with Crippen LogP contribution in [0, 0.1) is 5.92 Å². The molecule has 6 heteroatoms. The second-order valence-electron chi connectivity index (χ2n) is 6.26. The van der Waals surface area contributed by atoms with Crippen LogP contribution in [0.5, 0.6) is 0 Å². The Kier molecular flexibility index (Phi) is 4.61. The highest BCUT2D eigenvalue weighted by Gasteiger charge is 2.30. The Hall–Kier alpha value is -2.21. The van der Waals surface area contributed by atoms with Gasteiger partial charge in [-0.3, -0.25) is 19.7 Å². The molecular formula is C16H21N3O3. The predicted octanol–water partition coefficient (Wildman–Crippen LogP) is 0.359. The number of carbonyl (C=O) groups excluding carboxylic acids is 3. The van der Waals surface area contributed by atoms with Crippen LogP contribution in [0.1, 0.15) is 36.2 Å². The lowest BCUT2D eigenvalue weighted by Gasteiger charge is -2.24. The summed E-state index contributed by atoms with van der Waals surface area (Å²) < 4.78 is 0. The fourth-order valence-electron chi connectivity index (χ4n) is 2.28. The molecule has 2 rings (SSSR count). The summed E-state index contributed by atoms with van der Waals surface area (Å²) in [5.74, 6) is -0.953. The molecule has 22 heavy (non-hydrogen) atoms. The molecule has 1 fully saturated rings. The highest BCUT2D eigenvalue weighted by Crippen LogP contribution is 2.18. The van der Waals surface area contributed by atoms with Crippen LogP contribution in [0.3, 0.4) is 0 Å². The topological polar surface area (TPSA) is 101 Å². The number of benzene rings is 1. The summed E-state index contributed by atoms with van der Waals surface area (Å²) in [7, 11) is 0. The molecule has 0 bridgehead atoms. The van der Waals surface area contributed by atoms with Crippen molar-refractivity contribution in [3.05, 3.63) is 35.4 Å². The third-order valence-electron chi connectivity index (χ3n) is 3.73. The van der Waals surface area contributed by atoms with E-state index in [4.69, 9.17) is 5.73 Å². The van der Waals surface area contributed by atoms with Gasteiger partial charge in [0.15, 0.2) is 0 Å². The first-order valence-electron chi connectivity index (χ1n) is 7.26. The zero-order chi connectivity index (χ0) is 16.3. The zero-order valence-electron chi connectivity index (χ0n) is 12.8. The molecule has 1 saturated heterocycles. The van der Waals surface area contributed by atoms with Gasteiger partial charge in [-0.1, -0.05) is 12.1 Å². The Balaban J connectivity index is 2.00. The summed E-state index contributed by atoms with van der Waals surface area (Å²) in [4.78, 5) is 34.8. The van der Waals surface area contributed by atoms with Crippen molar-refractivity contribution in [1.82, 2.24) is 10.6 Å². The standard InChI is InChI=1S/C16H21N3O3/c1-16(2,9-17)19-15(22)11-5-3-10(4-6-11)7-12-8-13(20)18-14(12)21/h3-6,12H,7-9,17H2,1-2H3,(H,19,22)(H,18,20,21). The third kappa shape index (κ3) is 3.92. The van der Waals surface area contributed by atoms with Gasteiger partial charge in [0.25, 0.3) is 5.91 Å². The first-order valence-corrected chi connectivity index (χ1v) is 7.26. The van der Waals surface area contributed by atoms with Gasteiger partial charge in [0.1, 0.15) is 0 Å². The van der Waals surface area contributed by atoms with Crippen LogP contribution >= 0.6 is 0 Å². The van der Waals surface area contributed by atoms with Gasteiger partial charge in [-0.25, -0.2) is 0 Å². The molecule has 3 amide bonds. The first kappa shape index (κ1) is 16.2. The van der Waals surface area contributed by atoms with Crippen LogP contribution in [-0.2, 0) is 16.0 Å². The molecule has 1 heterocycles. The van der Waals surface area contributed by atoms with Gasteiger partial charge in [-0.2, -0.15) is 0 Å². The molecule has 0 spiro atoms. The van der Waals surface area contributed by atoms with E-state index < -0.39 is 5.54 Å². The summed E-state index contributed by atoms with van der Waals surface area (Å²) in [6.45, 7) is 4.06. The maximum Gasteiger partial charge on any atom is 0.251 e. The highest BCUT2D eigenvalue weighted by atomic mass is 16.2. The number of hydrogen-bond donors (Lipinski definition) is 3. The molecule has 6 nitrogen and oxygen atoms in total. The van der Waals surface area contributed by atoms with Gasteiger partial charge >= 0.3 is 0 Å². The van der Waals surface area contributed by atoms with E-state index in [1.807, 2.05) is 13.8 Å². The van der Waals surface area contributed by atoms with E-state index in [1.54, 1.807) is 24.3 Å². The van der Waals surface area contributed by atoms with Crippen LogP contribution in [0.25, 0.3) is 0 Å². The molecule has 4 N–H and O–H groups in total. The van der Waals surface area contributed by atoms with Crippen molar-refractivity contribution < 1.29 is 14.4 Å². The van der Waals surface area contributed by atoms with Gasteiger partial charge in [0.05, 0.1) is 5.92 Å². The number of amides is 3. The summed E-state index contributed by atoms with van der Waals surface area (Å²) in [6.07, 6.45) is 0.722. The minimum atomic E-state index is -0.460. The van der Waals surface area contributed by atoms with E-state index in [2.05, 4.69) is 10.6 Å². The molecule has 0 radical (unpaired) electrons. The number of hydrogen-bond acceptors (Lipinski definition) is 4. The Morgan fingerprint density at radius 2 is 1.95 bits per heavy atom. The lowest BCUT2D eigenvalue weighted by molar-refractivity contribution is -0.125. The van der Waals surface area contributed by atoms with E-state index >= 15 is 0 Å². The molecule has 1 aromatic rings. The van der Waals surface area contributed by atoms with Crippen molar-refractivity contribution >= 4 is 17.7 Å². The van der Waals surface area contributed by atoms with Crippen molar-refractivity contribution in [2.75, 3.05) is 6.54 Å². The van der Waals surface area contributed by atoms with Crippen LogP contribution < -0.4 is 16.4 Å². The molecular weight excluding hydrogens is 282 g/mol. The predicted molar refractivity (Wildman–Crippen MR) is 82.0 cm³/mol. The maximum atomic E-state index is 12.1. The average Bonchev–Trinajstić information content (AvgIpc) is 2.77. The average molecular weight is 303 g/mol. The molecule has 1 aromatic carbocycles. The second-order valence-corrected chi connectivity index (χ2v) is 6.26. The molecule has 1 atom stereocenters. The molecule has 0 aliphatic carbocycles. The molecule has 1 aliphatic rings. The van der Waals surface area contributed by atoms with Crippen LogP contribution in [-0.4, -0.2) is 29.8 Å². The van der Waals surface area contributed by atoms with E-state index in [1.165, 1.54) is 0 Å². The zero-order valence-corrected chi connectivity index (χ0v) is 12.8. The van der Waals surface area contributed by atoms with Crippen LogP contribution in [0.4, 0.5) is 0 Å². The minimum absolute atomic E-state index is 0.184. The number of rotatable bonds is 5. The molecule has 0 aromatic heterocycles. The van der Waals surface area contributed by atoms with E-state index in [0.717, 1.165) is 5.56 Å². The number of carbonyl (C=O) groups is 3. The van der Waals surface area contributed by atoms with E-state index in [9.17, 15) is 14.4 Å². The van der Waals surface area contributed by atoms with E-state index in [-0.39, 0.29) is 30.1 Å². The highest BCUT2D eigenvalue weighted by molar-refractivity contribution is 6.03. The Morgan fingerprint density at radius 3 is 2.45 bits per heavy atom. The van der Waals surface area contributed by atoms with Gasteiger partial charge in [-0.05, 0) is 38.0 Å². The van der Waals surface area contributed by atoms with Gasteiger partial charge in [-0.15, -0.1) is 0 Å². The van der Waals surface area contributed by atoms with Crippen LogP contribution in [0.2, 0.25) is 0 Å². The van der Waals surface area contributed by atoms with Crippen molar-refractivity contribution in [2.45, 2.75) is 32.2 Å².